The Balaban J connectivity index is 0.922. The highest BCUT2D eigenvalue weighted by atomic mass is 32.2. The molecule has 0 fully saturated rings. The van der Waals surface area contributed by atoms with Crippen molar-refractivity contribution in [1.29, 1.82) is 0 Å². The Morgan fingerprint density at radius 2 is 1.04 bits per heavy atom. The van der Waals surface area contributed by atoms with Crippen molar-refractivity contribution in [3.63, 3.8) is 0 Å². The molecular formula is C50H32N4S3. The zero-order valence-corrected chi connectivity index (χ0v) is 33.0. The van der Waals surface area contributed by atoms with Crippen molar-refractivity contribution in [3.8, 4) is 55.9 Å². The summed E-state index contributed by atoms with van der Waals surface area (Å²) in [6.45, 7) is 0. The number of thioether (sulfide) groups is 1. The van der Waals surface area contributed by atoms with Gasteiger partial charge in [0, 0.05) is 57.8 Å². The fourth-order valence-corrected chi connectivity index (χ4v) is 11.3. The lowest BCUT2D eigenvalue weighted by Gasteiger charge is -2.09. The molecule has 0 aliphatic carbocycles. The fourth-order valence-electron chi connectivity index (χ4n) is 7.65. The summed E-state index contributed by atoms with van der Waals surface area (Å²) < 4.78 is 3.77. The number of aryl methyl sites for hydroxylation is 1. The molecule has 1 aliphatic rings. The predicted octanol–water partition coefficient (Wildman–Crippen LogP) is 14.3. The van der Waals surface area contributed by atoms with E-state index in [4.69, 9.17) is 19.9 Å². The summed E-state index contributed by atoms with van der Waals surface area (Å²) in [5.74, 6) is 1.94. The molecule has 270 valence electrons. The number of fused-ring (bicyclic) bond motifs is 5. The van der Waals surface area contributed by atoms with Crippen molar-refractivity contribution in [3.05, 3.63) is 181 Å². The highest BCUT2D eigenvalue weighted by Crippen LogP contribution is 2.47. The van der Waals surface area contributed by atoms with Gasteiger partial charge in [-0.3, -0.25) is 0 Å². The Kier molecular flexibility index (Phi) is 8.57. The van der Waals surface area contributed by atoms with Crippen LogP contribution in [0.1, 0.15) is 17.5 Å². The van der Waals surface area contributed by atoms with Crippen LogP contribution in [0.3, 0.4) is 0 Å². The second kappa shape index (κ2) is 14.4. The van der Waals surface area contributed by atoms with E-state index < -0.39 is 0 Å². The number of thiazole rings is 1. The first-order valence-corrected chi connectivity index (χ1v) is 21.5. The largest absolute Gasteiger partial charge is 0.236 e. The SMILES string of the molecule is C1=C(c2cccc3c2sc2c(-c4ccc(-c5nc6ccc(-c7nc(-c8ccccc8)nc(-c8ccccc8)n7)cc6s5)cc4)cccc23)Sc2ccccc2CC1. The second-order valence-corrected chi connectivity index (χ2v) is 17.2. The van der Waals surface area contributed by atoms with Gasteiger partial charge in [-0.15, -0.1) is 22.7 Å². The second-order valence-electron chi connectivity index (χ2n) is 14.1. The number of hydrogen-bond acceptors (Lipinski definition) is 7. The van der Waals surface area contributed by atoms with Gasteiger partial charge in [0.05, 0.1) is 10.2 Å². The number of nitrogens with zero attached hydrogens (tertiary/aromatic N) is 4. The first-order chi connectivity index (χ1) is 28.2. The van der Waals surface area contributed by atoms with Crippen LogP contribution in [0.2, 0.25) is 0 Å². The van der Waals surface area contributed by atoms with E-state index in [-0.39, 0.29) is 0 Å². The van der Waals surface area contributed by atoms with E-state index in [0.717, 1.165) is 50.3 Å². The molecule has 57 heavy (non-hydrogen) atoms. The van der Waals surface area contributed by atoms with Crippen LogP contribution in [-0.2, 0) is 6.42 Å². The molecule has 0 N–H and O–H groups in total. The molecule has 0 bridgehead atoms. The smallest absolute Gasteiger partial charge is 0.164 e. The van der Waals surface area contributed by atoms with Crippen LogP contribution < -0.4 is 0 Å². The fraction of sp³-hybridized carbons (Fsp3) is 0.0400. The minimum atomic E-state index is 0.640. The van der Waals surface area contributed by atoms with E-state index >= 15 is 0 Å². The molecule has 0 radical (unpaired) electrons. The monoisotopic (exact) mass is 784 g/mol. The Bertz CT molecular complexity index is 3090. The molecule has 7 heteroatoms. The number of aromatic nitrogens is 4. The Morgan fingerprint density at radius 1 is 0.439 bits per heavy atom. The zero-order valence-electron chi connectivity index (χ0n) is 30.6. The molecule has 0 saturated carbocycles. The van der Waals surface area contributed by atoms with Gasteiger partial charge < -0.3 is 0 Å². The van der Waals surface area contributed by atoms with Crippen LogP contribution in [0.25, 0.3) is 91.2 Å². The average Bonchev–Trinajstić information content (AvgIpc) is 3.82. The molecule has 4 heterocycles. The van der Waals surface area contributed by atoms with Gasteiger partial charge in [-0.25, -0.2) is 19.9 Å². The van der Waals surface area contributed by atoms with Crippen molar-refractivity contribution in [2.24, 2.45) is 0 Å². The molecule has 10 aromatic rings. The van der Waals surface area contributed by atoms with Gasteiger partial charge in [0.25, 0.3) is 0 Å². The minimum absolute atomic E-state index is 0.640. The van der Waals surface area contributed by atoms with Crippen LogP contribution in [0.4, 0.5) is 0 Å². The molecule has 0 saturated heterocycles. The Morgan fingerprint density at radius 3 is 1.75 bits per heavy atom. The summed E-state index contributed by atoms with van der Waals surface area (Å²) in [5.41, 5.74) is 10.1. The minimum Gasteiger partial charge on any atom is -0.236 e. The Hall–Kier alpha value is -6.25. The molecule has 4 nitrogen and oxygen atoms in total. The molecular weight excluding hydrogens is 753 g/mol. The third-order valence-electron chi connectivity index (χ3n) is 10.5. The highest BCUT2D eigenvalue weighted by molar-refractivity contribution is 8.08. The first kappa shape index (κ1) is 34.0. The molecule has 0 amide bonds. The lowest BCUT2D eigenvalue weighted by Crippen LogP contribution is -1.99. The zero-order chi connectivity index (χ0) is 37.7. The van der Waals surface area contributed by atoms with Gasteiger partial charge in [-0.2, -0.15) is 0 Å². The molecule has 0 unspecified atom stereocenters. The summed E-state index contributed by atoms with van der Waals surface area (Å²) in [6.07, 6.45) is 4.57. The summed E-state index contributed by atoms with van der Waals surface area (Å²) in [7, 11) is 0. The molecule has 1 aliphatic heterocycles. The van der Waals surface area contributed by atoms with E-state index in [1.807, 2.05) is 83.8 Å². The number of thiophene rings is 1. The molecule has 0 spiro atoms. The van der Waals surface area contributed by atoms with Gasteiger partial charge in [-0.1, -0.05) is 157 Å². The van der Waals surface area contributed by atoms with Crippen molar-refractivity contribution in [2.75, 3.05) is 0 Å². The van der Waals surface area contributed by atoms with E-state index in [0.29, 0.717) is 17.5 Å². The Labute approximate surface area is 342 Å². The van der Waals surface area contributed by atoms with Crippen LogP contribution >= 0.6 is 34.4 Å². The van der Waals surface area contributed by atoms with Crippen LogP contribution in [0.15, 0.2) is 175 Å². The summed E-state index contributed by atoms with van der Waals surface area (Å²) in [6, 6.07) is 57.7. The predicted molar refractivity (Wildman–Crippen MR) is 242 cm³/mol. The quantitative estimate of drug-likeness (QED) is 0.168. The topological polar surface area (TPSA) is 51.6 Å². The third-order valence-corrected chi connectivity index (χ3v) is 14.1. The summed E-state index contributed by atoms with van der Waals surface area (Å²) in [4.78, 5) is 22.5. The lowest BCUT2D eigenvalue weighted by molar-refractivity contribution is 0.979. The number of allylic oxidation sites excluding steroid dienone is 1. The number of rotatable bonds is 6. The maximum absolute atomic E-state index is 5.06. The van der Waals surface area contributed by atoms with Gasteiger partial charge in [-0.05, 0) is 53.8 Å². The van der Waals surface area contributed by atoms with Gasteiger partial charge >= 0.3 is 0 Å². The van der Waals surface area contributed by atoms with Gasteiger partial charge in [0.2, 0.25) is 0 Å². The summed E-state index contributed by atoms with van der Waals surface area (Å²) in [5, 5.41) is 3.62. The highest BCUT2D eigenvalue weighted by Gasteiger charge is 2.19. The lowest BCUT2D eigenvalue weighted by atomic mass is 10.0. The van der Waals surface area contributed by atoms with Crippen LogP contribution in [-0.4, -0.2) is 19.9 Å². The number of hydrogen-bond donors (Lipinski definition) is 0. The molecule has 11 rings (SSSR count). The average molecular weight is 785 g/mol. The first-order valence-electron chi connectivity index (χ1n) is 19.0. The molecule has 3 aromatic heterocycles. The molecule has 7 aromatic carbocycles. The van der Waals surface area contributed by atoms with E-state index in [1.165, 1.54) is 52.2 Å². The summed E-state index contributed by atoms with van der Waals surface area (Å²) >= 11 is 5.52. The third kappa shape index (κ3) is 6.34. The molecule has 0 atom stereocenters. The van der Waals surface area contributed by atoms with Crippen LogP contribution in [0.5, 0.6) is 0 Å². The normalized spacial score (nSPS) is 12.8. The van der Waals surface area contributed by atoms with Crippen molar-refractivity contribution < 1.29 is 0 Å². The van der Waals surface area contributed by atoms with Crippen molar-refractivity contribution >= 4 is 69.7 Å². The van der Waals surface area contributed by atoms with E-state index in [1.54, 1.807) is 11.3 Å². The van der Waals surface area contributed by atoms with E-state index in [9.17, 15) is 0 Å². The maximum atomic E-state index is 5.06. The number of benzene rings is 7. The van der Waals surface area contributed by atoms with Crippen LogP contribution in [0, 0.1) is 0 Å². The van der Waals surface area contributed by atoms with Crippen molar-refractivity contribution in [2.45, 2.75) is 17.7 Å². The standard InChI is InChI=1S/C50H32N4S3/c1-3-13-33(14-4-1)47-52-48(34-15-5-2-6-16-34)54-49(53-47)36-28-29-41-44(30-36)56-50(51-41)35-26-24-31(25-27-35)37-18-10-19-38-39-20-11-21-40(46(39)57-45(37)38)43-23-9-17-32-12-7-8-22-42(32)55-43/h1-8,10-16,18-30H,9,17H2. The van der Waals surface area contributed by atoms with Gasteiger partial charge in [0.1, 0.15) is 5.01 Å². The van der Waals surface area contributed by atoms with Crippen molar-refractivity contribution in [1.82, 2.24) is 19.9 Å². The van der Waals surface area contributed by atoms with E-state index in [2.05, 4.69) is 109 Å². The van der Waals surface area contributed by atoms with Gasteiger partial charge in [0.15, 0.2) is 17.5 Å². The maximum Gasteiger partial charge on any atom is 0.164 e.